The van der Waals surface area contributed by atoms with Crippen molar-refractivity contribution < 1.29 is 9.59 Å². The summed E-state index contributed by atoms with van der Waals surface area (Å²) < 4.78 is 20.8. The van der Waals surface area contributed by atoms with E-state index in [-0.39, 0.29) is 83.9 Å². The van der Waals surface area contributed by atoms with Crippen molar-refractivity contribution in [3.63, 3.8) is 0 Å². The summed E-state index contributed by atoms with van der Waals surface area (Å²) in [6.07, 6.45) is 16.6. The number of unbranched alkanes of at least 4 members (excludes halogenated alkanes) is 2. The van der Waals surface area contributed by atoms with Gasteiger partial charge in [0.05, 0.1) is 45.3 Å². The van der Waals surface area contributed by atoms with Crippen LogP contribution in [0.15, 0.2) is 79.5 Å². The molecule has 20 heteroatoms. The van der Waals surface area contributed by atoms with Gasteiger partial charge in [0, 0.05) is 94.4 Å². The zero-order chi connectivity index (χ0) is 69.9. The second-order valence-corrected chi connectivity index (χ2v) is 32.3. The fourth-order valence-electron chi connectivity index (χ4n) is 16.0. The largest absolute Gasteiger partial charge is 0.289 e. The van der Waals surface area contributed by atoms with Gasteiger partial charge in [-0.25, -0.2) is 0 Å². The molecule has 0 saturated carbocycles. The zero-order valence-electron chi connectivity index (χ0n) is 55.9. The van der Waals surface area contributed by atoms with Gasteiger partial charge in [-0.2, -0.15) is 59.6 Å². The predicted molar refractivity (Wildman–Crippen MR) is 396 cm³/mol. The lowest BCUT2D eigenvalue weighted by Gasteiger charge is -2.37. The van der Waals surface area contributed by atoms with E-state index in [9.17, 15) is 51.7 Å². The molecule has 0 spiro atoms. The molecular weight excluding hydrogens is 1340 g/mol. The van der Waals surface area contributed by atoms with Gasteiger partial charge in [0.25, 0.3) is 0 Å². The molecule has 3 aromatic carbocycles. The van der Waals surface area contributed by atoms with Crippen molar-refractivity contribution in [2.75, 3.05) is 0 Å². The van der Waals surface area contributed by atoms with Crippen molar-refractivity contribution in [2.24, 2.45) is 32.4 Å². The van der Waals surface area contributed by atoms with E-state index in [1.165, 1.54) is 69.6 Å². The number of hydrogen-bond donors (Lipinski definition) is 0. The first-order chi connectivity index (χ1) is 48.0. The number of hydrogen-bond acceptors (Lipinski definition) is 19. The first kappa shape index (κ1) is 67.9. The third-order valence-corrected chi connectivity index (χ3v) is 26.6. The maximum atomic E-state index is 14.7. The summed E-state index contributed by atoms with van der Waals surface area (Å²) in [5.74, 6) is 0.552. The minimum absolute atomic E-state index is 0.0395. The molecular formula is C79H64N12O2S6. The molecule has 488 valence electrons. The van der Waals surface area contributed by atoms with Crippen molar-refractivity contribution in [1.29, 1.82) is 42.1 Å². The number of aromatic nitrogens is 2. The highest BCUT2D eigenvalue weighted by molar-refractivity contribution is 7.58. The summed E-state index contributed by atoms with van der Waals surface area (Å²) in [6.45, 7) is 18.2. The van der Waals surface area contributed by atoms with Crippen LogP contribution in [0.5, 0.6) is 0 Å². The summed E-state index contributed by atoms with van der Waals surface area (Å²) in [4.78, 5) is 37.3. The smallest absolute Gasteiger partial charge is 0.194 e. The molecule has 4 aliphatic carbocycles. The van der Waals surface area contributed by atoms with E-state index >= 15 is 0 Å². The molecule has 0 fully saturated rings. The highest BCUT2D eigenvalue weighted by Gasteiger charge is 2.51. The Kier molecular flexibility index (Phi) is 18.7. The lowest BCUT2D eigenvalue weighted by molar-refractivity contribution is 0.103. The van der Waals surface area contributed by atoms with Gasteiger partial charge in [0.1, 0.15) is 82.1 Å². The van der Waals surface area contributed by atoms with E-state index in [0.717, 1.165) is 156 Å². The maximum Gasteiger partial charge on any atom is 0.194 e. The Bertz CT molecular complexity index is 5400. The standard InChI is InChI=1S/C79H64N12O2S6/c1-9-14-16-42(12-4)30-78(28-40(6)7)58-24-50(22-56-64(48(36-84)37-85)52-18-44(32-80)46(34-82)20-54(52)72(56)92)94-74(58)76-60(78)26-62(96-76)66-68-70(90-98-88-68)67(71-69(66)89-99-91-71)63-27-61-77(97-63)75-59(79(61,29-41(8)11-3)31-43(13-5)17-15-10-2)25-51(95-75)23-57-65(49(38-86)39-87)53-19-45(33-81)47(35-83)21-55(53)73(57)93/h18-27,40-43H,9-17,28-31H2,1-8H3/b56-22-,57-23-. The van der Waals surface area contributed by atoms with Crippen molar-refractivity contribution in [1.82, 2.24) is 8.75 Å². The average molecular weight is 1410 g/mol. The minimum atomic E-state index is -0.441. The second kappa shape index (κ2) is 27.2. The molecule has 13 rings (SSSR count). The Labute approximate surface area is 599 Å². The molecule has 5 atom stereocenters. The number of thiophene rings is 4. The van der Waals surface area contributed by atoms with Gasteiger partial charge in [0.2, 0.25) is 0 Å². The Balaban J connectivity index is 0.984. The number of fused-ring (bicyclic) bond motifs is 10. The molecule has 14 nitrogen and oxygen atoms in total. The van der Waals surface area contributed by atoms with E-state index in [0.29, 0.717) is 17.8 Å². The summed E-state index contributed by atoms with van der Waals surface area (Å²) in [6, 6.07) is 31.2. The van der Waals surface area contributed by atoms with Crippen molar-refractivity contribution >= 4 is 126 Å². The predicted octanol–water partition coefficient (Wildman–Crippen LogP) is 21.9. The third-order valence-electron chi connectivity index (χ3n) is 20.7. The Morgan fingerprint density at radius 3 is 1.23 bits per heavy atom. The van der Waals surface area contributed by atoms with Crippen LogP contribution in [-0.2, 0) is 22.2 Å². The van der Waals surface area contributed by atoms with Gasteiger partial charge in [-0.3, -0.25) is 9.59 Å². The third kappa shape index (κ3) is 11.0. The van der Waals surface area contributed by atoms with Crippen LogP contribution in [0.2, 0.25) is 0 Å². The Morgan fingerprint density at radius 2 is 0.869 bits per heavy atom. The molecule has 5 aliphatic rings. The summed E-state index contributed by atoms with van der Waals surface area (Å²) in [5, 5.41) is 81.6. The van der Waals surface area contributed by atoms with Crippen LogP contribution in [0.1, 0.15) is 225 Å². The fraction of sp³-hybridized carbons (Fsp3) is 0.342. The molecule has 0 bridgehead atoms. The average Bonchev–Trinajstić information content (AvgIpc) is 1.54. The van der Waals surface area contributed by atoms with Crippen LogP contribution in [-0.4, -0.2) is 20.3 Å². The van der Waals surface area contributed by atoms with Crippen molar-refractivity contribution in [3.05, 3.63) is 147 Å². The highest BCUT2D eigenvalue weighted by Crippen LogP contribution is 2.66. The number of carbonyl (C=O) groups excluding carboxylic acids is 2. The number of benzene rings is 3. The molecule has 0 amide bonds. The van der Waals surface area contributed by atoms with Gasteiger partial charge < -0.3 is 0 Å². The van der Waals surface area contributed by atoms with Gasteiger partial charge in [0.15, 0.2) is 11.6 Å². The topological polar surface area (TPSA) is 275 Å². The normalized spacial score (nSPS) is 18.1. The van der Waals surface area contributed by atoms with Crippen LogP contribution in [0.3, 0.4) is 0 Å². The number of rotatable bonds is 21. The molecule has 0 radical (unpaired) electrons. The fourth-order valence-corrected chi connectivity index (χ4v) is 22.4. The van der Waals surface area contributed by atoms with Gasteiger partial charge in [-0.15, -0.1) is 45.3 Å². The zero-order valence-corrected chi connectivity index (χ0v) is 60.8. The summed E-state index contributed by atoms with van der Waals surface area (Å²) >= 11 is 8.95. The summed E-state index contributed by atoms with van der Waals surface area (Å²) in [5.41, 5.74) is 9.95. The van der Waals surface area contributed by atoms with Crippen LogP contribution in [0.25, 0.3) is 74.7 Å². The van der Waals surface area contributed by atoms with Crippen LogP contribution >= 0.6 is 57.1 Å². The number of Topliss-reactive ketones (excluding diaryl/α,β-unsaturated/α-hetero) is 2. The molecule has 0 N–H and O–H groups in total. The van der Waals surface area contributed by atoms with Crippen molar-refractivity contribution in [3.8, 4) is 88.9 Å². The van der Waals surface area contributed by atoms with E-state index < -0.39 is 22.4 Å². The second-order valence-electron chi connectivity index (χ2n) is 26.9. The highest BCUT2D eigenvalue weighted by atomic mass is 32.1. The van der Waals surface area contributed by atoms with Gasteiger partial charge >= 0.3 is 0 Å². The van der Waals surface area contributed by atoms with E-state index in [2.05, 4.69) is 91.8 Å². The number of carbonyl (C=O) groups is 2. The quantitative estimate of drug-likeness (QED) is 0.0480. The number of nitriles is 8. The Hall–Kier alpha value is -9.68. The number of allylic oxidation sites excluding steroid dienone is 6. The lowest BCUT2D eigenvalue weighted by Crippen LogP contribution is -2.30. The maximum absolute atomic E-state index is 14.7. The molecule has 0 saturated heterocycles. The van der Waals surface area contributed by atoms with Crippen LogP contribution in [0, 0.1) is 114 Å². The van der Waals surface area contributed by atoms with Crippen molar-refractivity contribution in [2.45, 2.75) is 150 Å². The van der Waals surface area contributed by atoms with E-state index in [1.807, 2.05) is 36.4 Å². The van der Waals surface area contributed by atoms with Gasteiger partial charge in [-0.05, 0) is 143 Å². The monoisotopic (exact) mass is 1400 g/mol. The molecule has 5 unspecified atom stereocenters. The van der Waals surface area contributed by atoms with E-state index in [1.54, 1.807) is 57.5 Å². The van der Waals surface area contributed by atoms with Gasteiger partial charge in [-0.1, -0.05) is 113 Å². The van der Waals surface area contributed by atoms with E-state index in [4.69, 9.17) is 17.5 Å². The van der Waals surface area contributed by atoms with Crippen LogP contribution in [0.4, 0.5) is 11.4 Å². The Morgan fingerprint density at radius 1 is 0.485 bits per heavy atom. The lowest BCUT2D eigenvalue weighted by atomic mass is 9.66. The number of ketones is 2. The number of nitrogens with zero attached hydrogens (tertiary/aromatic N) is 12. The first-order valence-electron chi connectivity index (χ1n) is 33.6. The SMILES string of the molecule is CCCCC(CC)CC1(CC(C)C)c2cc(/C=C3\C(=O)c4cc(C#N)c(C#N)cc4C3=C(C#N)C#N)sc2-c2sc(-c3c4c(c(-c5cc6c(s5)-c5sc(/C=C7\C(=O)c8cc(C#N)c(C#N)cc8C7=C(C#N)C#N)cc5C6(CC(C)CC)CC(CC)CCCC)c5nsnc35)N=S=N4)cc21. The molecule has 8 aromatic rings. The van der Waals surface area contributed by atoms with Crippen LogP contribution < -0.4 is 0 Å². The minimum Gasteiger partial charge on any atom is -0.289 e. The molecule has 5 aromatic heterocycles. The molecule has 99 heavy (non-hydrogen) atoms. The first-order valence-corrected chi connectivity index (χ1v) is 38.3. The molecule has 1 aliphatic heterocycles. The summed E-state index contributed by atoms with van der Waals surface area (Å²) in [7, 11) is 0. The molecule has 6 heterocycles.